The Hall–Kier alpha value is -0.120. The van der Waals surface area contributed by atoms with Crippen molar-refractivity contribution >= 4 is 0 Å². The third-order valence-corrected chi connectivity index (χ3v) is 1.49. The lowest BCUT2D eigenvalue weighted by atomic mass is 10.1. The molecule has 0 aliphatic carbocycles. The fraction of sp³-hybridized carbons (Fsp3) is 1.00. The summed E-state index contributed by atoms with van der Waals surface area (Å²) in [6.45, 7) is 5.47. The number of hydrogen-bond donors (Lipinski definition) is 1. The normalized spacial score (nSPS) is 13.9. The molecular weight excluding hydrogens is 144 g/mol. The molecule has 0 saturated carbocycles. The molecule has 1 atom stereocenters. The van der Waals surface area contributed by atoms with Gasteiger partial charge in [0.15, 0.2) is 0 Å². The minimum Gasteiger partial charge on any atom is -0.390 e. The molecule has 0 bridgehead atoms. The monoisotopic (exact) mass is 162 g/mol. The number of rotatable bonds is 6. The highest BCUT2D eigenvalue weighted by molar-refractivity contribution is 4.57. The molecule has 0 rings (SSSR count). The van der Waals surface area contributed by atoms with Gasteiger partial charge in [-0.25, -0.2) is 0 Å². The van der Waals surface area contributed by atoms with E-state index in [9.17, 15) is 5.11 Å². The molecule has 0 amide bonds. The highest BCUT2D eigenvalue weighted by Gasteiger charge is 2.07. The van der Waals surface area contributed by atoms with Gasteiger partial charge in [-0.15, -0.1) is 0 Å². The van der Waals surface area contributed by atoms with E-state index in [1.807, 2.05) is 13.8 Å². The number of hydrogen-bond acceptors (Lipinski definition) is 3. The lowest BCUT2D eigenvalue weighted by Gasteiger charge is -2.13. The van der Waals surface area contributed by atoms with Crippen LogP contribution in [-0.4, -0.2) is 38.1 Å². The summed E-state index contributed by atoms with van der Waals surface area (Å²) in [5.41, 5.74) is 0. The average Bonchev–Trinajstić information content (AvgIpc) is 1.97. The van der Waals surface area contributed by atoms with Crippen molar-refractivity contribution in [1.82, 2.24) is 0 Å². The van der Waals surface area contributed by atoms with E-state index in [0.717, 1.165) is 0 Å². The van der Waals surface area contributed by atoms with Gasteiger partial charge in [0.25, 0.3) is 0 Å². The van der Waals surface area contributed by atoms with Crippen molar-refractivity contribution < 1.29 is 14.6 Å². The molecule has 3 heteroatoms. The lowest BCUT2D eigenvalue weighted by molar-refractivity contribution is -0.00420. The van der Waals surface area contributed by atoms with Crippen molar-refractivity contribution in [2.75, 3.05) is 26.9 Å². The highest BCUT2D eigenvalue weighted by Crippen LogP contribution is 2.00. The van der Waals surface area contributed by atoms with E-state index >= 15 is 0 Å². The zero-order chi connectivity index (χ0) is 8.69. The van der Waals surface area contributed by atoms with E-state index in [0.29, 0.717) is 19.8 Å². The molecule has 68 valence electrons. The smallest absolute Gasteiger partial charge is 0.0796 e. The Morgan fingerprint density at radius 1 is 1.27 bits per heavy atom. The Bertz CT molecular complexity index is 83.4. The third kappa shape index (κ3) is 6.28. The number of aliphatic hydroxyl groups is 1. The van der Waals surface area contributed by atoms with E-state index in [-0.39, 0.29) is 12.0 Å². The average molecular weight is 162 g/mol. The third-order valence-electron chi connectivity index (χ3n) is 1.49. The maximum Gasteiger partial charge on any atom is 0.0796 e. The molecular formula is C8H18O3. The Kier molecular flexibility index (Phi) is 6.51. The molecule has 0 heterocycles. The molecule has 0 fully saturated rings. The Labute approximate surface area is 68.3 Å². The molecule has 0 spiro atoms. The van der Waals surface area contributed by atoms with Crippen LogP contribution in [0.2, 0.25) is 0 Å². The van der Waals surface area contributed by atoms with E-state index in [1.54, 1.807) is 7.11 Å². The van der Waals surface area contributed by atoms with Gasteiger partial charge in [-0.1, -0.05) is 13.8 Å². The topological polar surface area (TPSA) is 38.7 Å². The molecule has 11 heavy (non-hydrogen) atoms. The predicted octanol–water partition coefficient (Wildman–Crippen LogP) is 0.666. The van der Waals surface area contributed by atoms with Crippen LogP contribution >= 0.6 is 0 Å². The summed E-state index contributed by atoms with van der Waals surface area (Å²) in [7, 11) is 1.63. The van der Waals surface area contributed by atoms with Gasteiger partial charge in [0, 0.05) is 7.11 Å². The van der Waals surface area contributed by atoms with E-state index in [2.05, 4.69) is 0 Å². The summed E-state index contributed by atoms with van der Waals surface area (Å²) in [5, 5.41) is 9.26. The molecule has 0 aromatic heterocycles. The molecule has 0 aliphatic heterocycles. The Morgan fingerprint density at radius 3 is 2.36 bits per heavy atom. The van der Waals surface area contributed by atoms with Crippen molar-refractivity contribution in [2.24, 2.45) is 5.92 Å². The van der Waals surface area contributed by atoms with Crippen molar-refractivity contribution in [3.05, 3.63) is 0 Å². The maximum atomic E-state index is 9.26. The van der Waals surface area contributed by atoms with Crippen LogP contribution in [0.1, 0.15) is 13.8 Å². The zero-order valence-electron chi connectivity index (χ0n) is 7.54. The van der Waals surface area contributed by atoms with Crippen LogP contribution in [0.5, 0.6) is 0 Å². The highest BCUT2D eigenvalue weighted by atomic mass is 16.5. The second kappa shape index (κ2) is 6.58. The summed E-state index contributed by atoms with van der Waals surface area (Å²) in [4.78, 5) is 0. The zero-order valence-corrected chi connectivity index (χ0v) is 7.54. The summed E-state index contributed by atoms with van der Waals surface area (Å²) < 4.78 is 9.90. The van der Waals surface area contributed by atoms with Crippen LogP contribution in [0.25, 0.3) is 0 Å². The van der Waals surface area contributed by atoms with Gasteiger partial charge in [0.1, 0.15) is 0 Å². The van der Waals surface area contributed by atoms with Crippen LogP contribution in [0.3, 0.4) is 0 Å². The summed E-state index contributed by atoms with van der Waals surface area (Å²) in [6.07, 6.45) is -0.355. The summed E-state index contributed by atoms with van der Waals surface area (Å²) in [5.74, 6) is 0.262. The first-order valence-electron chi connectivity index (χ1n) is 3.93. The fourth-order valence-corrected chi connectivity index (χ4v) is 0.539. The van der Waals surface area contributed by atoms with Crippen LogP contribution in [-0.2, 0) is 9.47 Å². The van der Waals surface area contributed by atoms with Gasteiger partial charge in [0.2, 0.25) is 0 Å². The first-order chi connectivity index (χ1) is 5.18. The molecule has 0 aliphatic rings. The molecule has 0 aromatic rings. The minimum atomic E-state index is -0.355. The molecule has 3 nitrogen and oxygen atoms in total. The quantitative estimate of drug-likeness (QED) is 0.583. The SMILES string of the molecule is COCCOCC(O)C(C)C. The van der Waals surface area contributed by atoms with E-state index in [4.69, 9.17) is 9.47 Å². The number of methoxy groups -OCH3 is 1. The molecule has 0 aromatic carbocycles. The van der Waals surface area contributed by atoms with Gasteiger partial charge in [-0.05, 0) is 5.92 Å². The van der Waals surface area contributed by atoms with Crippen molar-refractivity contribution in [2.45, 2.75) is 20.0 Å². The Morgan fingerprint density at radius 2 is 1.91 bits per heavy atom. The van der Waals surface area contributed by atoms with Crippen LogP contribution in [0.15, 0.2) is 0 Å². The van der Waals surface area contributed by atoms with Crippen LogP contribution in [0.4, 0.5) is 0 Å². The second-order valence-electron chi connectivity index (χ2n) is 2.88. The first kappa shape index (κ1) is 10.9. The molecule has 1 unspecified atom stereocenters. The van der Waals surface area contributed by atoms with Gasteiger partial charge in [0.05, 0.1) is 25.9 Å². The van der Waals surface area contributed by atoms with E-state index in [1.165, 1.54) is 0 Å². The second-order valence-corrected chi connectivity index (χ2v) is 2.88. The summed E-state index contributed by atoms with van der Waals surface area (Å²) >= 11 is 0. The van der Waals surface area contributed by atoms with Gasteiger partial charge in [-0.3, -0.25) is 0 Å². The number of ether oxygens (including phenoxy) is 2. The summed E-state index contributed by atoms with van der Waals surface area (Å²) in [6, 6.07) is 0. The first-order valence-corrected chi connectivity index (χ1v) is 3.93. The Balaban J connectivity index is 3.10. The fourth-order valence-electron chi connectivity index (χ4n) is 0.539. The maximum absolute atomic E-state index is 9.26. The van der Waals surface area contributed by atoms with Gasteiger partial charge >= 0.3 is 0 Å². The van der Waals surface area contributed by atoms with Crippen LogP contribution in [0, 0.1) is 5.92 Å². The predicted molar refractivity (Wildman–Crippen MR) is 43.5 cm³/mol. The van der Waals surface area contributed by atoms with Crippen molar-refractivity contribution in [1.29, 1.82) is 0 Å². The molecule has 0 saturated heterocycles. The van der Waals surface area contributed by atoms with Gasteiger partial charge in [-0.2, -0.15) is 0 Å². The number of aliphatic hydroxyl groups excluding tert-OH is 1. The van der Waals surface area contributed by atoms with E-state index < -0.39 is 0 Å². The van der Waals surface area contributed by atoms with Crippen LogP contribution < -0.4 is 0 Å². The lowest BCUT2D eigenvalue weighted by Crippen LogP contribution is -2.22. The van der Waals surface area contributed by atoms with Gasteiger partial charge < -0.3 is 14.6 Å². The largest absolute Gasteiger partial charge is 0.390 e. The minimum absolute atomic E-state index is 0.262. The standard InChI is InChI=1S/C8H18O3/c1-7(2)8(9)6-11-5-4-10-3/h7-9H,4-6H2,1-3H3. The van der Waals surface area contributed by atoms with Crippen molar-refractivity contribution in [3.8, 4) is 0 Å². The molecule has 0 radical (unpaired) electrons. The van der Waals surface area contributed by atoms with Crippen molar-refractivity contribution in [3.63, 3.8) is 0 Å². The molecule has 1 N–H and O–H groups in total.